The molecule has 0 N–H and O–H groups in total. The number of rotatable bonds is 3. The molecule has 8 aromatic rings. The number of furan rings is 1. The van der Waals surface area contributed by atoms with Gasteiger partial charge in [0.1, 0.15) is 11.2 Å². The van der Waals surface area contributed by atoms with Crippen molar-refractivity contribution in [2.75, 3.05) is 0 Å². The van der Waals surface area contributed by atoms with E-state index in [0.29, 0.717) is 5.92 Å². The van der Waals surface area contributed by atoms with Crippen LogP contribution in [0.25, 0.3) is 76.5 Å². The van der Waals surface area contributed by atoms with Crippen LogP contribution >= 0.6 is 0 Å². The van der Waals surface area contributed by atoms with Gasteiger partial charge in [-0.05, 0) is 90.0 Å². The fraction of sp³-hybridized carbons (Fsp3) is 0.0435. The van der Waals surface area contributed by atoms with Crippen LogP contribution in [0.1, 0.15) is 11.5 Å². The van der Waals surface area contributed by atoms with Gasteiger partial charge in [-0.2, -0.15) is 0 Å². The zero-order valence-electron chi connectivity index (χ0n) is 25.7. The summed E-state index contributed by atoms with van der Waals surface area (Å²) in [6.07, 6.45) is 15.9. The molecule has 1 nitrogen and oxygen atoms in total. The first-order valence-electron chi connectivity index (χ1n) is 16.4. The average molecular weight is 599 g/mol. The molecule has 0 radical (unpaired) electrons. The molecule has 0 spiro atoms. The van der Waals surface area contributed by atoms with Crippen molar-refractivity contribution in [1.82, 2.24) is 0 Å². The van der Waals surface area contributed by atoms with Crippen LogP contribution in [-0.2, 0) is 0 Å². The molecule has 0 amide bonds. The maximum Gasteiger partial charge on any atom is 0.136 e. The summed E-state index contributed by atoms with van der Waals surface area (Å²) in [6, 6.07) is 46.5. The summed E-state index contributed by atoms with van der Waals surface area (Å²) in [5.41, 5.74) is 9.53. The first-order chi connectivity index (χ1) is 23.3. The number of allylic oxidation sites excluding steroid dienone is 8. The van der Waals surface area contributed by atoms with Gasteiger partial charge in [-0.3, -0.25) is 0 Å². The van der Waals surface area contributed by atoms with Gasteiger partial charge in [0.25, 0.3) is 0 Å². The molecule has 1 heterocycles. The normalized spacial score (nSPS) is 17.2. The van der Waals surface area contributed by atoms with Crippen LogP contribution in [0.5, 0.6) is 0 Å². The lowest BCUT2D eigenvalue weighted by molar-refractivity contribution is 0.669. The van der Waals surface area contributed by atoms with Crippen molar-refractivity contribution in [2.45, 2.75) is 5.92 Å². The van der Waals surface area contributed by atoms with E-state index in [1.807, 2.05) is 0 Å². The fourth-order valence-corrected chi connectivity index (χ4v) is 8.16. The molecule has 220 valence electrons. The van der Waals surface area contributed by atoms with Gasteiger partial charge in [-0.15, -0.1) is 0 Å². The molecular formula is C46H30O. The Kier molecular flexibility index (Phi) is 5.77. The SMILES string of the molecule is C1=CC2=CC=CC(c3c4ccccc4c(-c4cccc(-c5ccc6oc7ccc8ccccc8c7c6c5)c4)c4ccccc34)C2C=C1. The van der Waals surface area contributed by atoms with Crippen LogP contribution in [0.4, 0.5) is 0 Å². The highest BCUT2D eigenvalue weighted by Gasteiger charge is 2.28. The van der Waals surface area contributed by atoms with Crippen molar-refractivity contribution in [3.63, 3.8) is 0 Å². The summed E-state index contributed by atoms with van der Waals surface area (Å²) in [6.45, 7) is 0. The number of hydrogen-bond donors (Lipinski definition) is 0. The quantitative estimate of drug-likeness (QED) is 0.184. The molecule has 0 saturated heterocycles. The average Bonchev–Trinajstić information content (AvgIpc) is 3.52. The Bertz CT molecular complexity index is 2640. The van der Waals surface area contributed by atoms with Gasteiger partial charge in [-0.25, -0.2) is 0 Å². The highest BCUT2D eigenvalue weighted by atomic mass is 16.3. The second-order valence-electron chi connectivity index (χ2n) is 12.8. The third-order valence-electron chi connectivity index (χ3n) is 10.2. The molecule has 1 aromatic heterocycles. The second kappa shape index (κ2) is 10.3. The Hall–Kier alpha value is -5.92. The lowest BCUT2D eigenvalue weighted by atomic mass is 9.73. The Morgan fingerprint density at radius 2 is 1.13 bits per heavy atom. The molecule has 2 aliphatic carbocycles. The molecule has 0 saturated carbocycles. The maximum atomic E-state index is 6.32. The lowest BCUT2D eigenvalue weighted by Gasteiger charge is -2.30. The van der Waals surface area contributed by atoms with E-state index in [-0.39, 0.29) is 5.92 Å². The zero-order valence-corrected chi connectivity index (χ0v) is 25.7. The zero-order chi connectivity index (χ0) is 30.9. The third kappa shape index (κ3) is 4.03. The minimum absolute atomic E-state index is 0.263. The van der Waals surface area contributed by atoms with Crippen LogP contribution in [0.15, 0.2) is 180 Å². The van der Waals surface area contributed by atoms with E-state index < -0.39 is 0 Å². The predicted octanol–water partition coefficient (Wildman–Crippen LogP) is 12.7. The van der Waals surface area contributed by atoms with Gasteiger partial charge in [-0.1, -0.05) is 146 Å². The van der Waals surface area contributed by atoms with E-state index >= 15 is 0 Å². The molecule has 0 fully saturated rings. The van der Waals surface area contributed by atoms with Crippen molar-refractivity contribution in [2.24, 2.45) is 5.92 Å². The molecule has 10 rings (SSSR count). The first-order valence-corrected chi connectivity index (χ1v) is 16.4. The van der Waals surface area contributed by atoms with Gasteiger partial charge in [0.2, 0.25) is 0 Å². The van der Waals surface area contributed by atoms with E-state index in [1.165, 1.54) is 71.1 Å². The number of fused-ring (bicyclic) bond motifs is 8. The van der Waals surface area contributed by atoms with Gasteiger partial charge in [0.05, 0.1) is 0 Å². The van der Waals surface area contributed by atoms with Gasteiger partial charge >= 0.3 is 0 Å². The van der Waals surface area contributed by atoms with Crippen molar-refractivity contribution < 1.29 is 4.42 Å². The summed E-state index contributed by atoms with van der Waals surface area (Å²) < 4.78 is 6.32. The highest BCUT2D eigenvalue weighted by Crippen LogP contribution is 2.47. The molecule has 7 aromatic carbocycles. The second-order valence-corrected chi connectivity index (χ2v) is 12.8. The standard InChI is InChI=1S/C46H30O/c1-3-16-34-29(11-1)13-10-22-36(34)45-39-20-7-5-18-37(39)44(38-19-6-8-21-40(38)45)33-15-9-14-31(27-33)32-24-25-42-41(28-32)46-35-17-4-2-12-30(35)23-26-43(46)47-42/h1-28,34,36H. The fourth-order valence-electron chi connectivity index (χ4n) is 8.16. The van der Waals surface area contributed by atoms with Crippen LogP contribution < -0.4 is 0 Å². The summed E-state index contributed by atoms with van der Waals surface area (Å²) >= 11 is 0. The maximum absolute atomic E-state index is 6.32. The number of hydrogen-bond acceptors (Lipinski definition) is 1. The molecule has 47 heavy (non-hydrogen) atoms. The first kappa shape index (κ1) is 26.3. The Morgan fingerprint density at radius 1 is 0.447 bits per heavy atom. The largest absolute Gasteiger partial charge is 0.456 e. The monoisotopic (exact) mass is 598 g/mol. The molecule has 2 aliphatic rings. The third-order valence-corrected chi connectivity index (χ3v) is 10.2. The molecule has 1 heteroatoms. The molecule has 2 atom stereocenters. The molecule has 0 aliphatic heterocycles. The van der Waals surface area contributed by atoms with Gasteiger partial charge in [0, 0.05) is 22.6 Å². The predicted molar refractivity (Wildman–Crippen MR) is 199 cm³/mol. The van der Waals surface area contributed by atoms with E-state index in [1.54, 1.807) is 0 Å². The number of benzene rings is 7. The van der Waals surface area contributed by atoms with E-state index in [0.717, 1.165) is 16.6 Å². The van der Waals surface area contributed by atoms with Crippen molar-refractivity contribution in [3.05, 3.63) is 181 Å². The van der Waals surface area contributed by atoms with Gasteiger partial charge < -0.3 is 4.42 Å². The minimum atomic E-state index is 0.263. The summed E-state index contributed by atoms with van der Waals surface area (Å²) in [5.74, 6) is 0.594. The Balaban J connectivity index is 1.18. The minimum Gasteiger partial charge on any atom is -0.456 e. The van der Waals surface area contributed by atoms with Crippen molar-refractivity contribution in [3.8, 4) is 22.3 Å². The topological polar surface area (TPSA) is 13.1 Å². The van der Waals surface area contributed by atoms with Crippen LogP contribution in [0.3, 0.4) is 0 Å². The Labute approximate surface area is 273 Å². The van der Waals surface area contributed by atoms with Crippen LogP contribution in [0.2, 0.25) is 0 Å². The van der Waals surface area contributed by atoms with Crippen molar-refractivity contribution >= 4 is 54.3 Å². The Morgan fingerprint density at radius 3 is 1.96 bits per heavy atom. The smallest absolute Gasteiger partial charge is 0.136 e. The summed E-state index contributed by atoms with van der Waals surface area (Å²) in [7, 11) is 0. The lowest BCUT2D eigenvalue weighted by Crippen LogP contribution is -2.15. The van der Waals surface area contributed by atoms with Crippen LogP contribution in [0, 0.1) is 5.92 Å². The van der Waals surface area contributed by atoms with Gasteiger partial charge in [0.15, 0.2) is 0 Å². The molecule has 2 unspecified atom stereocenters. The molecule has 0 bridgehead atoms. The van der Waals surface area contributed by atoms with E-state index in [4.69, 9.17) is 4.42 Å². The molecular weight excluding hydrogens is 569 g/mol. The van der Waals surface area contributed by atoms with Crippen LogP contribution in [-0.4, -0.2) is 0 Å². The summed E-state index contributed by atoms with van der Waals surface area (Å²) in [4.78, 5) is 0. The van der Waals surface area contributed by atoms with Crippen molar-refractivity contribution in [1.29, 1.82) is 0 Å². The highest BCUT2D eigenvalue weighted by molar-refractivity contribution is 6.19. The van der Waals surface area contributed by atoms with E-state index in [2.05, 4.69) is 170 Å². The van der Waals surface area contributed by atoms with E-state index in [9.17, 15) is 0 Å². The summed E-state index contributed by atoms with van der Waals surface area (Å²) in [5, 5.41) is 10.0.